The molecule has 1 unspecified atom stereocenters. The number of nitrogens with one attached hydrogen (secondary N) is 1. The maximum atomic E-state index is 12.5. The first-order valence-electron chi connectivity index (χ1n) is 9.36. The molecule has 2 heterocycles. The summed E-state index contributed by atoms with van der Waals surface area (Å²) in [5.41, 5.74) is 1.43. The van der Waals surface area contributed by atoms with Crippen molar-refractivity contribution in [2.45, 2.75) is 32.8 Å². The Kier molecular flexibility index (Phi) is 5.03. The van der Waals surface area contributed by atoms with E-state index in [2.05, 4.69) is 10.5 Å². The second kappa shape index (κ2) is 7.79. The molecular formula is C22H20N2O5. The molecule has 1 amide bonds. The Morgan fingerprint density at radius 3 is 2.79 bits per heavy atom. The van der Waals surface area contributed by atoms with Crippen molar-refractivity contribution in [3.05, 3.63) is 60.1 Å². The highest BCUT2D eigenvalue weighted by atomic mass is 16.5. The molecule has 7 heteroatoms. The van der Waals surface area contributed by atoms with Gasteiger partial charge in [-0.2, -0.15) is 0 Å². The van der Waals surface area contributed by atoms with Crippen LogP contribution in [-0.2, 0) is 20.7 Å². The number of nitrogens with zero attached hydrogens (tertiary/aromatic N) is 1. The summed E-state index contributed by atoms with van der Waals surface area (Å²) in [6.07, 6.45) is 0.990. The summed E-state index contributed by atoms with van der Waals surface area (Å²) in [7, 11) is 0. The van der Waals surface area contributed by atoms with Crippen LogP contribution in [-0.4, -0.2) is 23.1 Å². The maximum absolute atomic E-state index is 12.5. The number of hydrogen-bond acceptors (Lipinski definition) is 6. The van der Waals surface area contributed by atoms with E-state index in [-0.39, 0.29) is 12.2 Å². The molecule has 2 aromatic carbocycles. The quantitative estimate of drug-likeness (QED) is 0.489. The van der Waals surface area contributed by atoms with Crippen LogP contribution in [0.4, 0.5) is 5.82 Å². The third-order valence-electron chi connectivity index (χ3n) is 4.69. The van der Waals surface area contributed by atoms with E-state index >= 15 is 0 Å². The van der Waals surface area contributed by atoms with E-state index in [1.807, 2.05) is 36.4 Å². The molecule has 1 N–H and O–H groups in total. The molecule has 4 rings (SSSR count). The summed E-state index contributed by atoms with van der Waals surface area (Å²) in [6, 6.07) is 13.4. The molecule has 0 aliphatic carbocycles. The fourth-order valence-corrected chi connectivity index (χ4v) is 3.31. The maximum Gasteiger partial charge on any atom is 0.311 e. The number of fused-ring (bicyclic) bond motifs is 3. The van der Waals surface area contributed by atoms with E-state index in [1.54, 1.807) is 26.2 Å². The number of carbonyl (C=O) groups excluding carboxylic acids is 2. The molecule has 0 fully saturated rings. The van der Waals surface area contributed by atoms with Gasteiger partial charge in [-0.25, -0.2) is 0 Å². The monoisotopic (exact) mass is 392 g/mol. The van der Waals surface area contributed by atoms with Crippen molar-refractivity contribution in [1.29, 1.82) is 0 Å². The van der Waals surface area contributed by atoms with Crippen molar-refractivity contribution in [1.82, 2.24) is 5.16 Å². The number of hydrogen-bond donors (Lipinski definition) is 1. The summed E-state index contributed by atoms with van der Waals surface area (Å²) in [5.74, 6) is -0.0886. The molecule has 29 heavy (non-hydrogen) atoms. The van der Waals surface area contributed by atoms with Crippen LogP contribution in [0.5, 0.6) is 0 Å². The minimum absolute atomic E-state index is 0.00779. The summed E-state index contributed by atoms with van der Waals surface area (Å²) >= 11 is 0. The zero-order valence-corrected chi connectivity index (χ0v) is 16.1. The Bertz CT molecular complexity index is 1190. The predicted octanol–water partition coefficient (Wildman–Crippen LogP) is 4.39. The molecular weight excluding hydrogens is 372 g/mol. The normalized spacial score (nSPS) is 12.2. The number of rotatable bonds is 6. The molecule has 148 valence electrons. The zero-order chi connectivity index (χ0) is 20.4. The van der Waals surface area contributed by atoms with Crippen LogP contribution in [0.25, 0.3) is 21.7 Å². The molecule has 0 aliphatic heterocycles. The summed E-state index contributed by atoms with van der Waals surface area (Å²) in [4.78, 5) is 24.9. The first kappa shape index (κ1) is 18.7. The number of aromatic nitrogens is 1. The van der Waals surface area contributed by atoms with Crippen LogP contribution >= 0.6 is 0 Å². The highest BCUT2D eigenvalue weighted by Gasteiger charge is 2.23. The predicted molar refractivity (Wildman–Crippen MR) is 107 cm³/mol. The van der Waals surface area contributed by atoms with Gasteiger partial charge in [0, 0.05) is 17.0 Å². The van der Waals surface area contributed by atoms with Crippen molar-refractivity contribution in [3.63, 3.8) is 0 Å². The molecule has 0 bridgehead atoms. The lowest BCUT2D eigenvalue weighted by Crippen LogP contribution is -2.32. The van der Waals surface area contributed by atoms with Gasteiger partial charge in [-0.1, -0.05) is 42.4 Å². The number of anilines is 1. The van der Waals surface area contributed by atoms with Crippen LogP contribution in [0.15, 0.2) is 57.7 Å². The highest BCUT2D eigenvalue weighted by molar-refractivity contribution is 6.08. The summed E-state index contributed by atoms with van der Waals surface area (Å²) in [6.45, 7) is 3.49. The van der Waals surface area contributed by atoms with Gasteiger partial charge < -0.3 is 19.0 Å². The fraction of sp³-hybridized carbons (Fsp3) is 0.227. The number of benzene rings is 2. The van der Waals surface area contributed by atoms with E-state index < -0.39 is 18.0 Å². The molecule has 2 aromatic heterocycles. The fourth-order valence-electron chi connectivity index (χ4n) is 3.31. The van der Waals surface area contributed by atoms with E-state index in [0.717, 1.165) is 21.7 Å². The van der Waals surface area contributed by atoms with Gasteiger partial charge in [-0.05, 0) is 30.2 Å². The van der Waals surface area contributed by atoms with E-state index in [1.165, 1.54) is 0 Å². The first-order chi connectivity index (χ1) is 14.0. The number of carbonyl (C=O) groups is 2. The van der Waals surface area contributed by atoms with Gasteiger partial charge in [0.15, 0.2) is 11.9 Å². The topological polar surface area (TPSA) is 94.6 Å². The van der Waals surface area contributed by atoms with Gasteiger partial charge in [0.1, 0.15) is 11.3 Å². The lowest BCUT2D eigenvalue weighted by atomic mass is 10.0. The average Bonchev–Trinajstić information content (AvgIpc) is 3.32. The number of aryl methyl sites for hydroxylation is 1. The van der Waals surface area contributed by atoms with Gasteiger partial charge in [0.25, 0.3) is 5.91 Å². The van der Waals surface area contributed by atoms with Gasteiger partial charge in [0.05, 0.1) is 12.7 Å². The van der Waals surface area contributed by atoms with Crippen LogP contribution in [0.2, 0.25) is 0 Å². The molecule has 4 aromatic rings. The first-order valence-corrected chi connectivity index (χ1v) is 9.36. The Hall–Kier alpha value is -3.61. The number of amides is 1. The minimum atomic E-state index is -0.922. The Morgan fingerprint density at radius 2 is 2.03 bits per heavy atom. The van der Waals surface area contributed by atoms with E-state index in [0.29, 0.717) is 17.8 Å². The molecule has 7 nitrogen and oxygen atoms in total. The van der Waals surface area contributed by atoms with Crippen molar-refractivity contribution < 1.29 is 23.3 Å². The summed E-state index contributed by atoms with van der Waals surface area (Å²) in [5, 5.41) is 9.26. The highest BCUT2D eigenvalue weighted by Crippen LogP contribution is 2.30. The second-order valence-electron chi connectivity index (χ2n) is 6.80. The Morgan fingerprint density at radius 1 is 1.21 bits per heavy atom. The van der Waals surface area contributed by atoms with E-state index in [4.69, 9.17) is 13.7 Å². The lowest BCUT2D eigenvalue weighted by Gasteiger charge is -2.15. The van der Waals surface area contributed by atoms with Gasteiger partial charge in [-0.15, -0.1) is 0 Å². The van der Waals surface area contributed by atoms with Crippen LogP contribution in [0.3, 0.4) is 0 Å². The van der Waals surface area contributed by atoms with E-state index in [9.17, 15) is 9.59 Å². The number of furan rings is 1. The van der Waals surface area contributed by atoms with Crippen LogP contribution in [0.1, 0.15) is 24.7 Å². The molecule has 0 saturated heterocycles. The molecule has 0 saturated carbocycles. The number of ether oxygens (including phenoxy) is 1. The van der Waals surface area contributed by atoms with Crippen LogP contribution in [0, 0.1) is 6.92 Å². The molecule has 0 spiro atoms. The zero-order valence-electron chi connectivity index (χ0n) is 16.1. The Balaban J connectivity index is 1.50. The van der Waals surface area contributed by atoms with Crippen molar-refractivity contribution in [2.24, 2.45) is 0 Å². The van der Waals surface area contributed by atoms with Crippen molar-refractivity contribution >= 4 is 39.4 Å². The molecule has 1 atom stereocenters. The standard InChI is InChI=1S/C22H20N2O5/c1-3-17(22(26)23-19-10-13(2)29-24-19)28-20(25)11-15-12-27-18-9-8-14-6-4-5-7-16(14)21(15)18/h4-10,12,17H,3,11H2,1-2H3,(H,23,24,26). The number of esters is 1. The van der Waals surface area contributed by atoms with Gasteiger partial charge in [0.2, 0.25) is 0 Å². The molecule has 0 radical (unpaired) electrons. The SMILES string of the molecule is CCC(OC(=O)Cc1coc2ccc3ccccc3c12)C(=O)Nc1cc(C)on1. The van der Waals surface area contributed by atoms with Gasteiger partial charge in [-0.3, -0.25) is 9.59 Å². The summed E-state index contributed by atoms with van der Waals surface area (Å²) < 4.78 is 16.0. The van der Waals surface area contributed by atoms with Crippen molar-refractivity contribution in [3.8, 4) is 0 Å². The Labute approximate surface area is 166 Å². The largest absolute Gasteiger partial charge is 0.464 e. The van der Waals surface area contributed by atoms with Gasteiger partial charge >= 0.3 is 5.97 Å². The van der Waals surface area contributed by atoms with Crippen LogP contribution < -0.4 is 5.32 Å². The third-order valence-corrected chi connectivity index (χ3v) is 4.69. The lowest BCUT2D eigenvalue weighted by molar-refractivity contribution is -0.153. The third kappa shape index (κ3) is 3.85. The smallest absolute Gasteiger partial charge is 0.311 e. The second-order valence-corrected chi connectivity index (χ2v) is 6.80. The van der Waals surface area contributed by atoms with Crippen molar-refractivity contribution in [2.75, 3.05) is 5.32 Å². The minimum Gasteiger partial charge on any atom is -0.464 e. The molecule has 0 aliphatic rings. The average molecular weight is 392 g/mol.